The number of benzene rings is 1. The van der Waals surface area contributed by atoms with Gasteiger partial charge in [0.15, 0.2) is 0 Å². The van der Waals surface area contributed by atoms with Crippen LogP contribution in [0.2, 0.25) is 0 Å². The molecule has 0 unspecified atom stereocenters. The van der Waals surface area contributed by atoms with Gasteiger partial charge in [0.1, 0.15) is 0 Å². The minimum Gasteiger partial charge on any atom is -0.352 e. The number of carbonyl (C=O) groups excluding carboxylic acids is 1. The van der Waals surface area contributed by atoms with Crippen molar-refractivity contribution in [3.63, 3.8) is 0 Å². The fraction of sp³-hybridized carbons (Fsp3) is 0.412. The van der Waals surface area contributed by atoms with Crippen LogP contribution < -0.4 is 5.32 Å². The van der Waals surface area contributed by atoms with Crippen LogP contribution >= 0.6 is 0 Å². The second kappa shape index (κ2) is 6.12. The summed E-state index contributed by atoms with van der Waals surface area (Å²) in [4.78, 5) is 16.4. The molecule has 1 amide bonds. The molecule has 1 aromatic carbocycles. The van der Waals surface area contributed by atoms with Crippen molar-refractivity contribution < 1.29 is 4.79 Å². The second-order valence-corrected chi connectivity index (χ2v) is 6.37. The molecule has 0 fully saturated rings. The first-order chi connectivity index (χ1) is 9.86. The molecular formula is C17H23N3O. The third-order valence-electron chi connectivity index (χ3n) is 3.42. The summed E-state index contributed by atoms with van der Waals surface area (Å²) in [6, 6.07) is 7.82. The van der Waals surface area contributed by atoms with E-state index >= 15 is 0 Å². The van der Waals surface area contributed by atoms with Crippen LogP contribution in [0.3, 0.4) is 0 Å². The number of amides is 1. The van der Waals surface area contributed by atoms with Crippen LogP contribution in [0, 0.1) is 0 Å². The molecule has 0 aliphatic heterocycles. The van der Waals surface area contributed by atoms with Crippen molar-refractivity contribution in [3.05, 3.63) is 53.6 Å². The van der Waals surface area contributed by atoms with Gasteiger partial charge in [0.2, 0.25) is 0 Å². The Morgan fingerprint density at radius 2 is 2.10 bits per heavy atom. The average Bonchev–Trinajstić information content (AvgIpc) is 2.83. The molecule has 0 bridgehead atoms. The van der Waals surface area contributed by atoms with Gasteiger partial charge in [0.25, 0.3) is 5.91 Å². The number of nitrogens with one attached hydrogen (secondary N) is 1. The fourth-order valence-electron chi connectivity index (χ4n) is 2.13. The first-order valence-electron chi connectivity index (χ1n) is 7.22. The molecule has 1 aromatic heterocycles. The Balaban J connectivity index is 1.94. The zero-order chi connectivity index (χ0) is 15.5. The standard InChI is InChI=1S/C17H23N3O/c1-17(2,3)14-7-5-6-13(10-14)16(21)18-9-8-15-11-20(4)12-19-15/h5-7,10-12H,8-9H2,1-4H3,(H,18,21). The highest BCUT2D eigenvalue weighted by molar-refractivity contribution is 5.94. The predicted molar refractivity (Wildman–Crippen MR) is 84.4 cm³/mol. The van der Waals surface area contributed by atoms with E-state index in [1.165, 1.54) is 5.56 Å². The van der Waals surface area contributed by atoms with E-state index in [4.69, 9.17) is 0 Å². The molecule has 0 spiro atoms. The van der Waals surface area contributed by atoms with Crippen LogP contribution in [0.15, 0.2) is 36.8 Å². The van der Waals surface area contributed by atoms with Crippen molar-refractivity contribution in [2.75, 3.05) is 6.54 Å². The molecule has 2 rings (SSSR count). The third-order valence-corrected chi connectivity index (χ3v) is 3.42. The molecule has 0 radical (unpaired) electrons. The van der Waals surface area contributed by atoms with Crippen LogP contribution in [0.25, 0.3) is 0 Å². The molecule has 21 heavy (non-hydrogen) atoms. The quantitative estimate of drug-likeness (QED) is 0.939. The highest BCUT2D eigenvalue weighted by Crippen LogP contribution is 2.22. The molecule has 1 heterocycles. The van der Waals surface area contributed by atoms with Crippen molar-refractivity contribution in [3.8, 4) is 0 Å². The number of rotatable bonds is 4. The minimum absolute atomic E-state index is 0.0305. The Kier molecular flexibility index (Phi) is 4.46. The third kappa shape index (κ3) is 4.18. The van der Waals surface area contributed by atoms with Crippen molar-refractivity contribution in [1.29, 1.82) is 0 Å². The van der Waals surface area contributed by atoms with Gasteiger partial charge in [-0.3, -0.25) is 4.79 Å². The number of nitrogens with zero attached hydrogens (tertiary/aromatic N) is 2. The summed E-state index contributed by atoms with van der Waals surface area (Å²) in [6.45, 7) is 7.02. The van der Waals surface area contributed by atoms with Crippen molar-refractivity contribution in [2.45, 2.75) is 32.6 Å². The largest absolute Gasteiger partial charge is 0.352 e. The van der Waals surface area contributed by atoms with E-state index in [1.807, 2.05) is 36.0 Å². The first kappa shape index (κ1) is 15.3. The normalized spacial score (nSPS) is 11.4. The number of aryl methyl sites for hydroxylation is 1. The van der Waals surface area contributed by atoms with Gasteiger partial charge in [0.05, 0.1) is 12.0 Å². The lowest BCUT2D eigenvalue weighted by Crippen LogP contribution is -2.26. The van der Waals surface area contributed by atoms with Gasteiger partial charge in [0, 0.05) is 31.8 Å². The van der Waals surface area contributed by atoms with Crippen molar-refractivity contribution >= 4 is 5.91 Å². The Hall–Kier alpha value is -2.10. The molecule has 0 aliphatic rings. The van der Waals surface area contributed by atoms with Crippen LogP contribution in [-0.4, -0.2) is 22.0 Å². The molecular weight excluding hydrogens is 262 g/mol. The summed E-state index contributed by atoms with van der Waals surface area (Å²) in [7, 11) is 1.94. The molecule has 0 aliphatic carbocycles. The maximum absolute atomic E-state index is 12.2. The predicted octanol–water partition coefficient (Wildman–Crippen LogP) is 2.69. The Morgan fingerprint density at radius 1 is 1.33 bits per heavy atom. The first-order valence-corrected chi connectivity index (χ1v) is 7.22. The van der Waals surface area contributed by atoms with Gasteiger partial charge in [-0.15, -0.1) is 0 Å². The lowest BCUT2D eigenvalue weighted by Gasteiger charge is -2.19. The fourth-order valence-corrected chi connectivity index (χ4v) is 2.13. The Bertz CT molecular complexity index is 623. The summed E-state index contributed by atoms with van der Waals surface area (Å²) < 4.78 is 1.91. The number of carbonyl (C=O) groups is 1. The summed E-state index contributed by atoms with van der Waals surface area (Å²) >= 11 is 0. The van der Waals surface area contributed by atoms with Crippen LogP contribution in [-0.2, 0) is 18.9 Å². The topological polar surface area (TPSA) is 46.9 Å². The molecule has 1 N–H and O–H groups in total. The number of aromatic nitrogens is 2. The van der Waals surface area contributed by atoms with Gasteiger partial charge in [-0.05, 0) is 23.1 Å². The smallest absolute Gasteiger partial charge is 0.251 e. The molecule has 0 atom stereocenters. The van der Waals surface area contributed by atoms with Crippen molar-refractivity contribution in [1.82, 2.24) is 14.9 Å². The van der Waals surface area contributed by atoms with Gasteiger partial charge in [-0.2, -0.15) is 0 Å². The molecule has 4 nitrogen and oxygen atoms in total. The van der Waals surface area contributed by atoms with E-state index in [-0.39, 0.29) is 11.3 Å². The lowest BCUT2D eigenvalue weighted by molar-refractivity contribution is 0.0954. The zero-order valence-corrected chi connectivity index (χ0v) is 13.2. The van der Waals surface area contributed by atoms with Crippen LogP contribution in [0.1, 0.15) is 42.4 Å². The van der Waals surface area contributed by atoms with Crippen molar-refractivity contribution in [2.24, 2.45) is 7.05 Å². The summed E-state index contributed by atoms with van der Waals surface area (Å²) in [5.41, 5.74) is 2.91. The monoisotopic (exact) mass is 285 g/mol. The highest BCUT2D eigenvalue weighted by Gasteiger charge is 2.15. The Labute approximate surface area is 126 Å². The highest BCUT2D eigenvalue weighted by atomic mass is 16.1. The molecule has 0 saturated heterocycles. The number of hydrogen-bond acceptors (Lipinski definition) is 2. The van der Waals surface area contributed by atoms with Crippen LogP contribution in [0.4, 0.5) is 0 Å². The number of hydrogen-bond donors (Lipinski definition) is 1. The summed E-state index contributed by atoms with van der Waals surface area (Å²) in [6.07, 6.45) is 4.47. The second-order valence-electron chi connectivity index (χ2n) is 6.37. The van der Waals surface area contributed by atoms with E-state index in [2.05, 4.69) is 37.1 Å². The van der Waals surface area contributed by atoms with Gasteiger partial charge >= 0.3 is 0 Å². The molecule has 4 heteroatoms. The summed E-state index contributed by atoms with van der Waals surface area (Å²) in [5.74, 6) is -0.0305. The minimum atomic E-state index is -0.0305. The molecule has 2 aromatic rings. The van der Waals surface area contributed by atoms with Gasteiger partial charge < -0.3 is 9.88 Å². The SMILES string of the molecule is Cn1cnc(CCNC(=O)c2cccc(C(C)(C)C)c2)c1. The van der Waals surface area contributed by atoms with Gasteiger partial charge in [-0.25, -0.2) is 4.98 Å². The Morgan fingerprint density at radius 3 is 2.71 bits per heavy atom. The maximum Gasteiger partial charge on any atom is 0.251 e. The van der Waals surface area contributed by atoms with E-state index < -0.39 is 0 Å². The van der Waals surface area contributed by atoms with E-state index in [0.717, 1.165) is 12.1 Å². The molecule has 112 valence electrons. The molecule has 0 saturated carbocycles. The maximum atomic E-state index is 12.2. The van der Waals surface area contributed by atoms with E-state index in [1.54, 1.807) is 6.33 Å². The average molecular weight is 285 g/mol. The zero-order valence-electron chi connectivity index (χ0n) is 13.2. The van der Waals surface area contributed by atoms with Gasteiger partial charge in [-0.1, -0.05) is 32.9 Å². The summed E-state index contributed by atoms with van der Waals surface area (Å²) in [5, 5.41) is 2.95. The van der Waals surface area contributed by atoms with E-state index in [0.29, 0.717) is 12.1 Å². The van der Waals surface area contributed by atoms with Crippen LogP contribution in [0.5, 0.6) is 0 Å². The lowest BCUT2D eigenvalue weighted by atomic mass is 9.86. The van der Waals surface area contributed by atoms with E-state index in [9.17, 15) is 4.79 Å². The number of imidazole rings is 1.